The van der Waals surface area contributed by atoms with Gasteiger partial charge in [-0.2, -0.15) is 0 Å². The van der Waals surface area contributed by atoms with Gasteiger partial charge in [-0.25, -0.2) is 9.59 Å². The Balaban J connectivity index is 0.000000904. The summed E-state index contributed by atoms with van der Waals surface area (Å²) < 4.78 is 19.0. The molecule has 1 saturated heterocycles. The second-order valence-electron chi connectivity index (χ2n) is 18.1. The summed E-state index contributed by atoms with van der Waals surface area (Å²) in [4.78, 5) is 111. The molecule has 5 heterocycles. The maximum atomic E-state index is 11.5. The normalized spacial score (nSPS) is 11.5. The molecule has 1 aliphatic rings. The van der Waals surface area contributed by atoms with E-state index in [1.807, 2.05) is 54.7 Å². The van der Waals surface area contributed by atoms with E-state index in [-0.39, 0.29) is 45.6 Å². The molecule has 4 aromatic rings. The molecule has 416 valence electrons. The van der Waals surface area contributed by atoms with Crippen molar-refractivity contribution < 1.29 is 48.1 Å². The summed E-state index contributed by atoms with van der Waals surface area (Å²) in [7, 11) is 0. The van der Waals surface area contributed by atoms with Crippen LogP contribution >= 0.6 is 39.5 Å². The van der Waals surface area contributed by atoms with Gasteiger partial charge in [0.05, 0.1) is 23.0 Å². The first-order valence-electron chi connectivity index (χ1n) is 23.5. The number of ether oxygens (including phenoxy) is 3. The number of carbonyl (C=O) groups excluding carboxylic acids is 5. The van der Waals surface area contributed by atoms with E-state index in [0.717, 1.165) is 39.3 Å². The van der Waals surface area contributed by atoms with E-state index in [9.17, 15) is 47.9 Å². The molecule has 1 aliphatic heterocycles. The average molecular weight is 1150 g/mol. The lowest BCUT2D eigenvalue weighted by Gasteiger charge is -2.19. The van der Waals surface area contributed by atoms with Crippen LogP contribution in [0, 0.1) is 27.7 Å². The molecule has 0 unspecified atom stereocenters. The number of carboxylic acids is 1. The van der Waals surface area contributed by atoms with Crippen LogP contribution in [-0.4, -0.2) is 119 Å². The molecule has 1 fully saturated rings. The molecule has 0 radical (unpaired) electrons. The van der Waals surface area contributed by atoms with Gasteiger partial charge >= 0.3 is 30.1 Å². The number of cyclic esters (lactones) is 2. The summed E-state index contributed by atoms with van der Waals surface area (Å²) in [5.74, 6) is -0.955. The number of aliphatic carboxylic acids is 1. The lowest BCUT2D eigenvalue weighted by molar-refractivity contribution is -0.156. The van der Waals surface area contributed by atoms with Crippen LogP contribution in [0.1, 0.15) is 76.6 Å². The van der Waals surface area contributed by atoms with Crippen molar-refractivity contribution in [2.24, 2.45) is 5.73 Å². The van der Waals surface area contributed by atoms with Crippen LogP contribution in [0.2, 0.25) is 0 Å². The van der Waals surface area contributed by atoms with Crippen molar-refractivity contribution in [2.45, 2.75) is 113 Å². The summed E-state index contributed by atoms with van der Waals surface area (Å²) in [6, 6.07) is 13.2. The van der Waals surface area contributed by atoms with Crippen LogP contribution < -0.4 is 38.6 Å². The van der Waals surface area contributed by atoms with E-state index < -0.39 is 35.2 Å². The first-order chi connectivity index (χ1) is 35.0. The Morgan fingerprint density at radius 1 is 0.680 bits per heavy atom. The molecule has 0 atom stereocenters. The Hall–Kier alpha value is -6.24. The monoisotopic (exact) mass is 1150 g/mol. The maximum Gasteiger partial charge on any atom is 0.407 e. The predicted octanol–water partition coefficient (Wildman–Crippen LogP) is 5.51. The highest BCUT2D eigenvalue weighted by molar-refractivity contribution is 9.09. The van der Waals surface area contributed by atoms with Crippen molar-refractivity contribution in [2.75, 3.05) is 48.0 Å². The van der Waals surface area contributed by atoms with Crippen LogP contribution in [0.4, 0.5) is 9.59 Å². The Bertz CT molecular complexity index is 2620. The molecule has 0 aliphatic carbocycles. The highest BCUT2D eigenvalue weighted by Crippen LogP contribution is 2.09. The van der Waals surface area contributed by atoms with E-state index in [1.165, 1.54) is 30.0 Å². The number of carboxylic acid groups (broad SMARTS) is 1. The topological polar surface area (TPSA) is 299 Å². The summed E-state index contributed by atoms with van der Waals surface area (Å²) in [5.41, 5.74) is 8.39. The number of H-pyrrole nitrogens is 1. The van der Waals surface area contributed by atoms with Crippen LogP contribution in [-0.2, 0) is 53.0 Å². The molecule has 0 aromatic carbocycles. The number of esters is 2. The largest absolute Gasteiger partial charge is 0.481 e. The maximum absolute atomic E-state index is 11.5. The number of nitrogens with one attached hydrogen (secondary N) is 3. The molecular weight excluding hydrogens is 1080 g/mol. The van der Waals surface area contributed by atoms with E-state index in [0.29, 0.717) is 63.6 Å². The summed E-state index contributed by atoms with van der Waals surface area (Å²) in [5, 5.41) is 14.4. The molecule has 21 nitrogen and oxygen atoms in total. The molecule has 2 amide bonds. The Morgan fingerprint density at radius 2 is 1.12 bits per heavy atom. The molecule has 75 heavy (non-hydrogen) atoms. The minimum atomic E-state index is -0.913. The van der Waals surface area contributed by atoms with Gasteiger partial charge in [-0.05, 0) is 97.9 Å². The standard InChI is InChI=1S/C13H20N2O3.C13H17NO4S.C8H12N2O.C7H14BrNO2.C6H7NO.C4H4O3S/c1-10-5-6-11(16)15(9-10)8-7-14-12(17)18-13(2,3)4;1-10-4-5-12(16)14(7-10)6-2-3-11(15)8-19-9-13(17)18;1-7-2-3-8(11)10(6-7)5-4-9;1-7(2,3)11-6(10)9-5-4-8;1-5-2-3-6(8)7-4-5;5-3-1-8-2-4(6)7-3/h5-6,9H,7-8H2,1-4H3,(H,14,17);4-5,7H,2-3,6,8-9H2,1H3,(H,17,18);2-3,6H,4-5,9H2,1H3;4-5H2,1-3H3,(H,9,10);2-4H,1H3,(H,7,8);1-2H2. The van der Waals surface area contributed by atoms with Gasteiger partial charge in [-0.3, -0.25) is 38.4 Å². The Kier molecular flexibility index (Phi) is 34.4. The number of aromatic amines is 1. The van der Waals surface area contributed by atoms with Crippen LogP contribution in [0.3, 0.4) is 0 Å². The van der Waals surface area contributed by atoms with Gasteiger partial charge in [0, 0.05) is 100 Å². The highest BCUT2D eigenvalue weighted by atomic mass is 79.9. The fourth-order valence-corrected chi connectivity index (χ4v) is 6.74. The second kappa shape index (κ2) is 37.5. The van der Waals surface area contributed by atoms with Crippen molar-refractivity contribution in [3.05, 3.63) is 137 Å². The smallest absolute Gasteiger partial charge is 0.407 e. The zero-order chi connectivity index (χ0) is 57.1. The third-order valence-corrected chi connectivity index (χ3v) is 10.8. The number of carbonyl (C=O) groups is 6. The number of aryl methyl sites for hydroxylation is 5. The number of pyridine rings is 4. The fraction of sp³-hybridized carbons (Fsp3) is 0.490. The molecule has 0 bridgehead atoms. The van der Waals surface area contributed by atoms with Crippen molar-refractivity contribution in [1.29, 1.82) is 0 Å². The lowest BCUT2D eigenvalue weighted by atomic mass is 10.2. The number of alkyl halides is 1. The van der Waals surface area contributed by atoms with Crippen molar-refractivity contribution in [3.63, 3.8) is 0 Å². The predicted molar refractivity (Wildman–Crippen MR) is 297 cm³/mol. The van der Waals surface area contributed by atoms with Crippen LogP contribution in [0.5, 0.6) is 0 Å². The average Bonchev–Trinajstić information content (AvgIpc) is 3.30. The Morgan fingerprint density at radius 3 is 1.49 bits per heavy atom. The van der Waals surface area contributed by atoms with E-state index >= 15 is 0 Å². The summed E-state index contributed by atoms with van der Waals surface area (Å²) in [6.07, 6.45) is 7.16. The molecule has 0 spiro atoms. The minimum Gasteiger partial charge on any atom is -0.481 e. The van der Waals surface area contributed by atoms with E-state index in [1.54, 1.807) is 83.4 Å². The summed E-state index contributed by atoms with van der Waals surface area (Å²) in [6.45, 7) is 21.6. The number of ketones is 1. The lowest BCUT2D eigenvalue weighted by Crippen LogP contribution is -2.35. The first-order valence-corrected chi connectivity index (χ1v) is 27.0. The molecule has 0 saturated carbocycles. The third-order valence-electron chi connectivity index (χ3n) is 8.50. The number of amides is 2. The zero-order valence-corrected chi connectivity index (χ0v) is 47.7. The third kappa shape index (κ3) is 38.0. The number of rotatable bonds is 15. The van der Waals surface area contributed by atoms with Gasteiger partial charge in [-0.1, -0.05) is 40.2 Å². The Labute approximate surface area is 454 Å². The number of hydrogen-bond acceptors (Lipinski definition) is 16. The summed E-state index contributed by atoms with van der Waals surface area (Å²) >= 11 is 5.58. The van der Waals surface area contributed by atoms with Crippen molar-refractivity contribution in [1.82, 2.24) is 29.3 Å². The number of alkyl carbamates (subject to hydrolysis) is 2. The number of nitrogens with two attached hydrogens (primary N) is 1. The molecular formula is C51H74BrN7O14S2. The zero-order valence-electron chi connectivity index (χ0n) is 44.5. The highest BCUT2D eigenvalue weighted by Gasteiger charge is 2.17. The molecule has 5 rings (SSSR count). The molecule has 24 heteroatoms. The second-order valence-corrected chi connectivity index (χ2v) is 20.9. The SMILES string of the molecule is CC(C)(C)OC(=O)NCCBr.Cc1ccc(=O)[nH]c1.Cc1ccc(=O)n(CCCC(=O)CSCC(=O)O)c1.Cc1ccc(=O)n(CCN)c1.Cc1ccc(=O)n(CCNC(=O)OC(C)(C)C)c1.O=C1CSCC(=O)O1. The van der Waals surface area contributed by atoms with Gasteiger partial charge in [0.15, 0.2) is 0 Å². The first kappa shape index (κ1) is 68.8. The number of Topliss-reactive ketones (excluding diaryl/α,β-unsaturated/α-hetero) is 1. The molecule has 6 N–H and O–H groups in total. The number of nitrogens with zero attached hydrogens (tertiary/aromatic N) is 3. The van der Waals surface area contributed by atoms with Crippen LogP contribution in [0.25, 0.3) is 0 Å². The number of hydrogen-bond donors (Lipinski definition) is 5. The molecule has 4 aromatic heterocycles. The number of thioether (sulfide) groups is 2. The number of halogens is 1. The van der Waals surface area contributed by atoms with Crippen molar-refractivity contribution in [3.8, 4) is 0 Å². The van der Waals surface area contributed by atoms with Gasteiger partial charge in [-0.15, -0.1) is 23.5 Å². The van der Waals surface area contributed by atoms with Gasteiger partial charge in [0.2, 0.25) is 5.56 Å². The van der Waals surface area contributed by atoms with Gasteiger partial charge < -0.3 is 54.4 Å². The fourth-order valence-electron chi connectivity index (χ4n) is 5.34. The minimum absolute atomic E-state index is 0.0149. The van der Waals surface area contributed by atoms with E-state index in [4.69, 9.17) is 20.3 Å². The van der Waals surface area contributed by atoms with Crippen molar-refractivity contribution >= 4 is 75.3 Å². The quantitative estimate of drug-likeness (QED) is 0.0424. The van der Waals surface area contributed by atoms with E-state index in [2.05, 4.69) is 36.3 Å². The van der Waals surface area contributed by atoms with Crippen LogP contribution in [0.15, 0.2) is 92.5 Å². The van der Waals surface area contributed by atoms with Gasteiger partial charge in [0.25, 0.3) is 16.7 Å². The van der Waals surface area contributed by atoms with Gasteiger partial charge in [0.1, 0.15) is 17.0 Å². The number of aromatic nitrogens is 4.